The van der Waals surface area contributed by atoms with Crippen LogP contribution in [0.5, 0.6) is 0 Å². The molecule has 5 heteroatoms. The maximum absolute atomic E-state index is 11.9. The Kier molecular flexibility index (Phi) is 3.95. The molecule has 0 bridgehead atoms. The zero-order chi connectivity index (χ0) is 13.9. The van der Waals surface area contributed by atoms with Gasteiger partial charge in [0.05, 0.1) is 12.1 Å². The van der Waals surface area contributed by atoms with Crippen molar-refractivity contribution in [3.8, 4) is 0 Å². The molecular weight excluding hydrogens is 258 g/mol. The smallest absolute Gasteiger partial charge is 0.230 e. The third-order valence-corrected chi connectivity index (χ3v) is 3.36. The van der Waals surface area contributed by atoms with E-state index in [1.165, 1.54) is 11.3 Å². The monoisotopic (exact) mass is 275 g/mol. The fraction of sp³-hybridized carbons (Fsp3) is 0.357. The van der Waals surface area contributed by atoms with E-state index in [4.69, 9.17) is 0 Å². The second kappa shape index (κ2) is 5.48. The summed E-state index contributed by atoms with van der Waals surface area (Å²) in [6.45, 7) is 6.30. The van der Waals surface area contributed by atoms with Crippen LogP contribution in [0.1, 0.15) is 32.0 Å². The first kappa shape index (κ1) is 13.7. The summed E-state index contributed by atoms with van der Waals surface area (Å²) in [5.41, 5.74) is 1.89. The summed E-state index contributed by atoms with van der Waals surface area (Å²) in [7, 11) is 0. The molecule has 0 aromatic carbocycles. The maximum atomic E-state index is 11.9. The molecule has 0 unspecified atom stereocenters. The normalized spacial score (nSPS) is 11.3. The van der Waals surface area contributed by atoms with Gasteiger partial charge in [-0.2, -0.15) is 0 Å². The lowest BCUT2D eigenvalue weighted by molar-refractivity contribution is -0.115. The van der Waals surface area contributed by atoms with Gasteiger partial charge in [0, 0.05) is 23.2 Å². The molecule has 0 atom stereocenters. The molecule has 19 heavy (non-hydrogen) atoms. The third-order valence-electron chi connectivity index (χ3n) is 2.61. The molecule has 0 saturated heterocycles. The highest BCUT2D eigenvalue weighted by molar-refractivity contribution is 7.13. The second-order valence-corrected chi connectivity index (χ2v) is 6.23. The molecule has 4 nitrogen and oxygen atoms in total. The SMILES string of the molecule is CC(C)(C)c1csc(NC(=O)Cc2cccnc2)n1. The summed E-state index contributed by atoms with van der Waals surface area (Å²) in [5, 5.41) is 5.46. The molecule has 0 aliphatic carbocycles. The van der Waals surface area contributed by atoms with E-state index in [0.717, 1.165) is 11.3 Å². The first-order valence-electron chi connectivity index (χ1n) is 6.10. The summed E-state index contributed by atoms with van der Waals surface area (Å²) in [6, 6.07) is 3.71. The van der Waals surface area contributed by atoms with Crippen LogP contribution in [0.4, 0.5) is 5.13 Å². The van der Waals surface area contributed by atoms with E-state index in [1.54, 1.807) is 12.4 Å². The van der Waals surface area contributed by atoms with Crippen molar-refractivity contribution in [1.82, 2.24) is 9.97 Å². The quantitative estimate of drug-likeness (QED) is 0.936. The van der Waals surface area contributed by atoms with Gasteiger partial charge < -0.3 is 5.32 Å². The molecule has 2 aromatic heterocycles. The highest BCUT2D eigenvalue weighted by Gasteiger charge is 2.18. The molecule has 0 radical (unpaired) electrons. The number of nitrogens with zero attached hydrogens (tertiary/aromatic N) is 2. The number of aromatic nitrogens is 2. The van der Waals surface area contributed by atoms with Crippen LogP contribution in [0, 0.1) is 0 Å². The Bertz CT molecular complexity index is 558. The van der Waals surface area contributed by atoms with Crippen molar-refractivity contribution in [2.45, 2.75) is 32.6 Å². The Labute approximate surface area is 116 Å². The van der Waals surface area contributed by atoms with Crippen LogP contribution in [0.2, 0.25) is 0 Å². The molecular formula is C14H17N3OS. The van der Waals surface area contributed by atoms with Gasteiger partial charge in [-0.25, -0.2) is 4.98 Å². The van der Waals surface area contributed by atoms with E-state index in [-0.39, 0.29) is 11.3 Å². The van der Waals surface area contributed by atoms with Crippen LogP contribution < -0.4 is 5.32 Å². The molecule has 1 N–H and O–H groups in total. The zero-order valence-electron chi connectivity index (χ0n) is 11.3. The largest absolute Gasteiger partial charge is 0.302 e. The Morgan fingerprint density at radius 3 is 2.79 bits per heavy atom. The summed E-state index contributed by atoms with van der Waals surface area (Å²) in [6.07, 6.45) is 3.71. The number of hydrogen-bond acceptors (Lipinski definition) is 4. The second-order valence-electron chi connectivity index (χ2n) is 5.37. The summed E-state index contributed by atoms with van der Waals surface area (Å²) in [4.78, 5) is 20.3. The molecule has 1 amide bonds. The van der Waals surface area contributed by atoms with Crippen LogP contribution in [0.15, 0.2) is 29.9 Å². The van der Waals surface area contributed by atoms with E-state index >= 15 is 0 Å². The van der Waals surface area contributed by atoms with Crippen LogP contribution >= 0.6 is 11.3 Å². The van der Waals surface area contributed by atoms with Crippen LogP contribution in [0.25, 0.3) is 0 Å². The molecule has 2 aromatic rings. The standard InChI is InChI=1S/C14H17N3OS/c1-14(2,3)11-9-19-13(16-11)17-12(18)7-10-5-4-6-15-8-10/h4-6,8-9H,7H2,1-3H3,(H,16,17,18). The molecule has 0 fully saturated rings. The summed E-state index contributed by atoms with van der Waals surface area (Å²) in [5.74, 6) is -0.0668. The van der Waals surface area contributed by atoms with Gasteiger partial charge in [0.1, 0.15) is 0 Å². The number of carbonyl (C=O) groups excluding carboxylic acids is 1. The number of rotatable bonds is 3. The van der Waals surface area contributed by atoms with Gasteiger partial charge in [0.25, 0.3) is 0 Å². The average Bonchev–Trinajstić information content (AvgIpc) is 2.78. The van der Waals surface area contributed by atoms with Crippen molar-refractivity contribution in [2.75, 3.05) is 5.32 Å². The van der Waals surface area contributed by atoms with Gasteiger partial charge >= 0.3 is 0 Å². The molecule has 0 spiro atoms. The van der Waals surface area contributed by atoms with E-state index in [9.17, 15) is 4.79 Å². The van der Waals surface area contributed by atoms with Crippen LogP contribution in [-0.2, 0) is 16.6 Å². The van der Waals surface area contributed by atoms with Crippen molar-refractivity contribution >= 4 is 22.4 Å². The predicted octanol–water partition coefficient (Wildman–Crippen LogP) is 3.02. The van der Waals surface area contributed by atoms with Crippen molar-refractivity contribution in [3.63, 3.8) is 0 Å². The number of amides is 1. The van der Waals surface area contributed by atoms with Gasteiger partial charge in [0.15, 0.2) is 5.13 Å². The minimum absolute atomic E-state index is 0.00281. The van der Waals surface area contributed by atoms with E-state index in [0.29, 0.717) is 11.6 Å². The first-order chi connectivity index (χ1) is 8.95. The number of nitrogens with one attached hydrogen (secondary N) is 1. The Morgan fingerprint density at radius 2 is 2.21 bits per heavy atom. The molecule has 100 valence electrons. The van der Waals surface area contributed by atoms with E-state index in [1.807, 2.05) is 17.5 Å². The molecule has 2 heterocycles. The van der Waals surface area contributed by atoms with Crippen molar-refractivity contribution in [2.24, 2.45) is 0 Å². The van der Waals surface area contributed by atoms with Crippen molar-refractivity contribution in [1.29, 1.82) is 0 Å². The highest BCUT2D eigenvalue weighted by Crippen LogP contribution is 2.26. The molecule has 0 aliphatic heterocycles. The topological polar surface area (TPSA) is 54.9 Å². The van der Waals surface area contributed by atoms with Gasteiger partial charge in [-0.3, -0.25) is 9.78 Å². The maximum Gasteiger partial charge on any atom is 0.230 e. The lowest BCUT2D eigenvalue weighted by Crippen LogP contribution is -2.15. The Morgan fingerprint density at radius 1 is 1.42 bits per heavy atom. The van der Waals surface area contributed by atoms with Gasteiger partial charge in [-0.05, 0) is 11.6 Å². The zero-order valence-corrected chi connectivity index (χ0v) is 12.1. The Hall–Kier alpha value is -1.75. The molecule has 2 rings (SSSR count). The number of carbonyl (C=O) groups is 1. The number of thiazole rings is 1. The minimum Gasteiger partial charge on any atom is -0.302 e. The van der Waals surface area contributed by atoms with Gasteiger partial charge in [-0.1, -0.05) is 26.8 Å². The lowest BCUT2D eigenvalue weighted by atomic mass is 9.93. The van der Waals surface area contributed by atoms with Crippen LogP contribution in [0.3, 0.4) is 0 Å². The third kappa shape index (κ3) is 3.86. The molecule has 0 aliphatic rings. The summed E-state index contributed by atoms with van der Waals surface area (Å²) < 4.78 is 0. The predicted molar refractivity (Wildman–Crippen MR) is 77.4 cm³/mol. The average molecular weight is 275 g/mol. The van der Waals surface area contributed by atoms with E-state index in [2.05, 4.69) is 36.1 Å². The highest BCUT2D eigenvalue weighted by atomic mass is 32.1. The minimum atomic E-state index is -0.0668. The number of anilines is 1. The number of pyridine rings is 1. The van der Waals surface area contributed by atoms with Gasteiger partial charge in [-0.15, -0.1) is 11.3 Å². The van der Waals surface area contributed by atoms with E-state index < -0.39 is 0 Å². The van der Waals surface area contributed by atoms with Crippen LogP contribution in [-0.4, -0.2) is 15.9 Å². The van der Waals surface area contributed by atoms with Crippen molar-refractivity contribution < 1.29 is 4.79 Å². The van der Waals surface area contributed by atoms with Crippen molar-refractivity contribution in [3.05, 3.63) is 41.2 Å². The lowest BCUT2D eigenvalue weighted by Gasteiger charge is -2.14. The van der Waals surface area contributed by atoms with Gasteiger partial charge in [0.2, 0.25) is 5.91 Å². The molecule has 0 saturated carbocycles. The number of hydrogen-bond donors (Lipinski definition) is 1. The fourth-order valence-electron chi connectivity index (χ4n) is 1.53. The Balaban J connectivity index is 1.98. The first-order valence-corrected chi connectivity index (χ1v) is 6.98. The summed E-state index contributed by atoms with van der Waals surface area (Å²) >= 11 is 1.46. The fourth-order valence-corrected chi connectivity index (χ4v) is 2.48.